The van der Waals surface area contributed by atoms with Crippen molar-refractivity contribution in [1.82, 2.24) is 14.7 Å². The lowest BCUT2D eigenvalue weighted by Gasteiger charge is -2.10. The van der Waals surface area contributed by atoms with E-state index in [1.165, 1.54) is 16.7 Å². The molecule has 1 amide bonds. The molecule has 0 aliphatic heterocycles. The summed E-state index contributed by atoms with van der Waals surface area (Å²) in [5.41, 5.74) is 8.76. The molecule has 0 bridgehead atoms. The Morgan fingerprint density at radius 2 is 1.85 bits per heavy atom. The molecule has 0 saturated carbocycles. The molecule has 4 aromatic rings. The van der Waals surface area contributed by atoms with Crippen molar-refractivity contribution >= 4 is 11.6 Å². The maximum atomic E-state index is 12.5. The summed E-state index contributed by atoms with van der Waals surface area (Å²) >= 11 is 0. The Hall–Kier alpha value is -3.44. The number of rotatable bonds is 9. The number of carbonyl (C=O) groups excluding carboxylic acids is 1. The van der Waals surface area contributed by atoms with Crippen molar-refractivity contribution in [2.75, 3.05) is 20.3 Å². The van der Waals surface area contributed by atoms with Crippen molar-refractivity contribution in [3.63, 3.8) is 0 Å². The van der Waals surface area contributed by atoms with Gasteiger partial charge in [-0.2, -0.15) is 0 Å². The van der Waals surface area contributed by atoms with Crippen LogP contribution in [0.5, 0.6) is 0 Å². The first-order valence-corrected chi connectivity index (χ1v) is 11.5. The summed E-state index contributed by atoms with van der Waals surface area (Å²) in [5.74, 6) is 0.0470. The Morgan fingerprint density at radius 1 is 1.03 bits per heavy atom. The number of nitrogens with one attached hydrogen (secondary N) is 1. The Balaban J connectivity index is 1.69. The van der Waals surface area contributed by atoms with E-state index >= 15 is 0 Å². The summed E-state index contributed by atoms with van der Waals surface area (Å²) in [4.78, 5) is 17.4. The van der Waals surface area contributed by atoms with Crippen molar-refractivity contribution < 1.29 is 9.53 Å². The number of amides is 1. The number of carbonyl (C=O) groups is 1. The molecule has 0 unspecified atom stereocenters. The SMILES string of the molecule is COCCCNC(=O)CCc1c(-c2ccccc2)nc2ccc(-c3cc(C)ccc3C)cn12. The van der Waals surface area contributed by atoms with Gasteiger partial charge in [0.05, 0.1) is 11.4 Å². The highest BCUT2D eigenvalue weighted by molar-refractivity contribution is 5.77. The summed E-state index contributed by atoms with van der Waals surface area (Å²) in [6.07, 6.45) is 3.99. The van der Waals surface area contributed by atoms with Crippen molar-refractivity contribution in [1.29, 1.82) is 0 Å². The molecule has 2 aromatic heterocycles. The summed E-state index contributed by atoms with van der Waals surface area (Å²) in [6.45, 7) is 5.52. The van der Waals surface area contributed by atoms with E-state index in [4.69, 9.17) is 9.72 Å². The van der Waals surface area contributed by atoms with Crippen molar-refractivity contribution in [2.45, 2.75) is 33.1 Å². The van der Waals surface area contributed by atoms with Gasteiger partial charge in [0.15, 0.2) is 0 Å². The zero-order valence-electron chi connectivity index (χ0n) is 19.6. The largest absolute Gasteiger partial charge is 0.385 e. The molecule has 5 heteroatoms. The van der Waals surface area contributed by atoms with Crippen LogP contribution in [0.15, 0.2) is 66.9 Å². The van der Waals surface area contributed by atoms with Gasteiger partial charge < -0.3 is 14.5 Å². The minimum absolute atomic E-state index is 0.0470. The molecule has 33 heavy (non-hydrogen) atoms. The fraction of sp³-hybridized carbons (Fsp3) is 0.286. The maximum Gasteiger partial charge on any atom is 0.220 e. The molecule has 0 radical (unpaired) electrons. The second kappa shape index (κ2) is 10.5. The van der Waals surface area contributed by atoms with E-state index < -0.39 is 0 Å². The highest BCUT2D eigenvalue weighted by atomic mass is 16.5. The maximum absolute atomic E-state index is 12.5. The van der Waals surface area contributed by atoms with Crippen LogP contribution in [0, 0.1) is 13.8 Å². The van der Waals surface area contributed by atoms with E-state index in [2.05, 4.69) is 72.2 Å². The molecule has 0 aliphatic carbocycles. The minimum Gasteiger partial charge on any atom is -0.385 e. The third kappa shape index (κ3) is 5.32. The number of methoxy groups -OCH3 is 1. The highest BCUT2D eigenvalue weighted by Gasteiger charge is 2.16. The number of hydrogen-bond donors (Lipinski definition) is 1. The van der Waals surface area contributed by atoms with E-state index in [1.807, 2.05) is 18.2 Å². The van der Waals surface area contributed by atoms with Gasteiger partial charge >= 0.3 is 0 Å². The first kappa shape index (κ1) is 22.7. The summed E-state index contributed by atoms with van der Waals surface area (Å²) in [5, 5.41) is 2.99. The molecule has 5 nitrogen and oxygen atoms in total. The molecule has 2 heterocycles. The average molecular weight is 442 g/mol. The van der Waals surface area contributed by atoms with Crippen LogP contribution < -0.4 is 5.32 Å². The minimum atomic E-state index is 0.0470. The van der Waals surface area contributed by atoms with Gasteiger partial charge in [-0.25, -0.2) is 4.98 Å². The number of aryl methyl sites for hydroxylation is 3. The van der Waals surface area contributed by atoms with Crippen molar-refractivity contribution in [3.8, 4) is 22.4 Å². The van der Waals surface area contributed by atoms with E-state index in [-0.39, 0.29) is 5.91 Å². The third-order valence-electron chi connectivity index (χ3n) is 5.91. The number of aromatic nitrogens is 2. The Labute approximate surface area is 195 Å². The number of pyridine rings is 1. The van der Waals surface area contributed by atoms with Crippen LogP contribution in [0.25, 0.3) is 28.0 Å². The molecule has 170 valence electrons. The zero-order chi connectivity index (χ0) is 23.2. The van der Waals surface area contributed by atoms with Crippen LogP contribution in [0.4, 0.5) is 0 Å². The molecule has 1 N–H and O–H groups in total. The highest BCUT2D eigenvalue weighted by Crippen LogP contribution is 2.29. The van der Waals surface area contributed by atoms with Gasteiger partial charge in [-0.1, -0.05) is 54.1 Å². The molecule has 4 rings (SSSR count). The number of imidazole rings is 1. The number of nitrogens with zero attached hydrogens (tertiary/aromatic N) is 2. The fourth-order valence-electron chi connectivity index (χ4n) is 4.13. The van der Waals surface area contributed by atoms with Crippen LogP contribution in [-0.2, 0) is 16.0 Å². The summed E-state index contributed by atoms with van der Waals surface area (Å²) in [6, 6.07) is 20.9. The average Bonchev–Trinajstić information content (AvgIpc) is 3.20. The Bertz CT molecular complexity index is 1240. The first-order chi connectivity index (χ1) is 16.1. The number of benzene rings is 2. The quantitative estimate of drug-likeness (QED) is 0.355. The zero-order valence-corrected chi connectivity index (χ0v) is 19.6. The van der Waals surface area contributed by atoms with Crippen LogP contribution >= 0.6 is 0 Å². The number of hydrogen-bond acceptors (Lipinski definition) is 3. The van der Waals surface area contributed by atoms with E-state index in [0.717, 1.165) is 34.6 Å². The first-order valence-electron chi connectivity index (χ1n) is 11.5. The van der Waals surface area contributed by atoms with E-state index in [9.17, 15) is 4.79 Å². The second-order valence-corrected chi connectivity index (χ2v) is 8.43. The van der Waals surface area contributed by atoms with Gasteiger partial charge in [0.2, 0.25) is 5.91 Å². The Kier molecular flexibility index (Phi) is 7.20. The monoisotopic (exact) mass is 441 g/mol. The van der Waals surface area contributed by atoms with E-state index in [0.29, 0.717) is 26.0 Å². The lowest BCUT2D eigenvalue weighted by atomic mass is 10.00. The lowest BCUT2D eigenvalue weighted by Crippen LogP contribution is -2.25. The van der Waals surface area contributed by atoms with Gasteiger partial charge in [0.1, 0.15) is 5.65 Å². The predicted octanol–water partition coefficient (Wildman–Crippen LogP) is 5.37. The van der Waals surface area contributed by atoms with Gasteiger partial charge in [0.25, 0.3) is 0 Å². The summed E-state index contributed by atoms with van der Waals surface area (Å²) < 4.78 is 7.21. The van der Waals surface area contributed by atoms with Crippen LogP contribution in [0.2, 0.25) is 0 Å². The van der Waals surface area contributed by atoms with Crippen molar-refractivity contribution in [2.24, 2.45) is 0 Å². The number of fused-ring (bicyclic) bond motifs is 1. The van der Waals surface area contributed by atoms with Gasteiger partial charge in [-0.3, -0.25) is 4.79 Å². The molecule has 0 spiro atoms. The topological polar surface area (TPSA) is 55.6 Å². The van der Waals surface area contributed by atoms with Gasteiger partial charge in [-0.05, 0) is 55.5 Å². The molecule has 2 aromatic carbocycles. The van der Waals surface area contributed by atoms with Crippen molar-refractivity contribution in [3.05, 3.63) is 83.7 Å². The third-order valence-corrected chi connectivity index (χ3v) is 5.91. The normalized spacial score (nSPS) is 11.1. The molecule has 0 atom stereocenters. The molecule has 0 fully saturated rings. The predicted molar refractivity (Wildman–Crippen MR) is 133 cm³/mol. The van der Waals surface area contributed by atoms with Crippen LogP contribution in [-0.4, -0.2) is 35.6 Å². The lowest BCUT2D eigenvalue weighted by molar-refractivity contribution is -0.121. The van der Waals surface area contributed by atoms with E-state index in [1.54, 1.807) is 7.11 Å². The molecular weight excluding hydrogens is 410 g/mol. The molecule has 0 aliphatic rings. The smallest absolute Gasteiger partial charge is 0.220 e. The van der Waals surface area contributed by atoms with Crippen LogP contribution in [0.1, 0.15) is 29.7 Å². The number of ether oxygens (including phenoxy) is 1. The van der Waals surface area contributed by atoms with Gasteiger partial charge in [-0.15, -0.1) is 0 Å². The second-order valence-electron chi connectivity index (χ2n) is 8.43. The molecule has 0 saturated heterocycles. The fourth-order valence-corrected chi connectivity index (χ4v) is 4.13. The molecular formula is C28H31N3O2. The van der Waals surface area contributed by atoms with Crippen LogP contribution in [0.3, 0.4) is 0 Å². The summed E-state index contributed by atoms with van der Waals surface area (Å²) in [7, 11) is 1.67. The van der Waals surface area contributed by atoms with Gasteiger partial charge in [0, 0.05) is 38.4 Å². The standard InChI is InChI=1S/C28H31N3O2/c1-20-10-11-21(2)24(18-20)23-12-14-26-30-28(22-8-5-4-6-9-22)25(31(26)19-23)13-15-27(32)29-16-7-17-33-3/h4-6,8-12,14,18-19H,7,13,15-17H2,1-3H3,(H,29,32). The Morgan fingerprint density at radius 3 is 2.64 bits per heavy atom.